The van der Waals surface area contributed by atoms with Gasteiger partial charge in [0, 0.05) is 11.6 Å². The van der Waals surface area contributed by atoms with Crippen LogP contribution >= 0.6 is 0 Å². The molecule has 0 bridgehead atoms. The first-order valence-corrected chi connectivity index (χ1v) is 13.2. The largest absolute Gasteiger partial charge is 0.444 e. The molecule has 3 N–H and O–H groups in total. The van der Waals surface area contributed by atoms with E-state index in [1.165, 1.54) is 4.90 Å². The molecule has 1 aromatic rings. The van der Waals surface area contributed by atoms with Gasteiger partial charge in [-0.3, -0.25) is 9.59 Å². The van der Waals surface area contributed by atoms with Crippen LogP contribution in [0.2, 0.25) is 0 Å². The summed E-state index contributed by atoms with van der Waals surface area (Å²) in [6.45, 7) is 20.2. The number of aryl methyl sites for hydroxylation is 2. The van der Waals surface area contributed by atoms with Crippen LogP contribution in [0.3, 0.4) is 0 Å². The monoisotopic (exact) mass is 519 g/mol. The molecule has 0 fully saturated rings. The molecule has 0 saturated carbocycles. The van der Waals surface area contributed by atoms with Gasteiger partial charge in [-0.25, -0.2) is 4.79 Å². The normalized spacial score (nSPS) is 14.5. The third-order valence-corrected chi connectivity index (χ3v) is 5.93. The van der Waals surface area contributed by atoms with Crippen LogP contribution in [0.1, 0.15) is 97.9 Å². The number of hydrogen-bond acceptors (Lipinski definition) is 5. The second-order valence-corrected chi connectivity index (χ2v) is 12.4. The van der Waals surface area contributed by atoms with Crippen molar-refractivity contribution in [3.05, 3.63) is 34.9 Å². The van der Waals surface area contributed by atoms with Crippen LogP contribution in [0, 0.1) is 19.8 Å². The molecule has 210 valence electrons. The van der Waals surface area contributed by atoms with Crippen LogP contribution in [0.15, 0.2) is 18.2 Å². The van der Waals surface area contributed by atoms with Gasteiger partial charge in [0.15, 0.2) is 0 Å². The fourth-order valence-electron chi connectivity index (χ4n) is 3.94. The molecule has 3 unspecified atom stereocenters. The van der Waals surface area contributed by atoms with E-state index >= 15 is 0 Å². The number of ether oxygens (including phenoxy) is 1. The smallest absolute Gasteiger partial charge is 0.408 e. The fraction of sp³-hybridized carbons (Fsp3) is 0.690. The molecule has 0 aromatic heterocycles. The van der Waals surface area contributed by atoms with Crippen LogP contribution in [0.5, 0.6) is 0 Å². The SMILES string of the molecule is Cc1ccc(C(C(=O)NC(C)(C)C)N(C(=O)C(CO)NC(=O)OC(C)(C)C)C(C)CCC(C)C)cc1C. The molecule has 0 saturated heterocycles. The molecule has 0 aliphatic carbocycles. The molecule has 8 heteroatoms. The Bertz CT molecular complexity index is 930. The molecule has 1 aromatic carbocycles. The van der Waals surface area contributed by atoms with Crippen molar-refractivity contribution in [3.63, 3.8) is 0 Å². The van der Waals surface area contributed by atoms with Crippen molar-refractivity contribution < 1.29 is 24.2 Å². The van der Waals surface area contributed by atoms with Crippen molar-refractivity contribution >= 4 is 17.9 Å². The molecule has 37 heavy (non-hydrogen) atoms. The summed E-state index contributed by atoms with van der Waals surface area (Å²) in [4.78, 5) is 41.8. The zero-order valence-corrected chi connectivity index (χ0v) is 24.7. The molecule has 0 radical (unpaired) electrons. The Morgan fingerprint density at radius 1 is 0.973 bits per heavy atom. The lowest BCUT2D eigenvalue weighted by molar-refractivity contribution is -0.146. The highest BCUT2D eigenvalue weighted by molar-refractivity contribution is 5.92. The predicted octanol–water partition coefficient (Wildman–Crippen LogP) is 4.80. The summed E-state index contributed by atoms with van der Waals surface area (Å²) in [5.74, 6) is -0.470. The van der Waals surface area contributed by atoms with Gasteiger partial charge in [0.1, 0.15) is 17.7 Å². The lowest BCUT2D eigenvalue weighted by atomic mass is 9.94. The van der Waals surface area contributed by atoms with Crippen molar-refractivity contribution in [1.82, 2.24) is 15.5 Å². The number of carbonyl (C=O) groups excluding carboxylic acids is 3. The number of alkyl carbamates (subject to hydrolysis) is 1. The first kappa shape index (κ1) is 32.4. The van der Waals surface area contributed by atoms with E-state index in [4.69, 9.17) is 4.74 Å². The molecular formula is C29H49N3O5. The number of carbonyl (C=O) groups is 3. The topological polar surface area (TPSA) is 108 Å². The standard InChI is InChI=1S/C29H49N3O5/c1-18(2)12-14-21(5)32(26(35)23(17-33)30-27(36)37-29(9,10)11)24(25(34)31-28(6,7)8)22-15-13-19(3)20(4)16-22/h13,15-16,18,21,23-24,33H,12,14,17H2,1-11H3,(H,30,36)(H,31,34). The first-order valence-electron chi connectivity index (χ1n) is 13.2. The van der Waals surface area contributed by atoms with Gasteiger partial charge in [-0.15, -0.1) is 0 Å². The zero-order chi connectivity index (χ0) is 28.7. The Labute approximate surface area is 223 Å². The maximum absolute atomic E-state index is 14.0. The Morgan fingerprint density at radius 3 is 2.03 bits per heavy atom. The van der Waals surface area contributed by atoms with Crippen molar-refractivity contribution in [3.8, 4) is 0 Å². The van der Waals surface area contributed by atoms with E-state index in [0.717, 1.165) is 17.5 Å². The van der Waals surface area contributed by atoms with Gasteiger partial charge in [-0.1, -0.05) is 32.0 Å². The summed E-state index contributed by atoms with van der Waals surface area (Å²) in [6, 6.07) is 3.15. The van der Waals surface area contributed by atoms with E-state index in [1.54, 1.807) is 20.8 Å². The Morgan fingerprint density at radius 2 is 1.57 bits per heavy atom. The number of aliphatic hydroxyl groups excluding tert-OH is 1. The molecule has 0 aliphatic rings. The summed E-state index contributed by atoms with van der Waals surface area (Å²) >= 11 is 0. The first-order chi connectivity index (χ1) is 16.9. The Balaban J connectivity index is 3.61. The number of hydrogen-bond donors (Lipinski definition) is 3. The second-order valence-electron chi connectivity index (χ2n) is 12.4. The number of rotatable bonds is 10. The van der Waals surface area contributed by atoms with E-state index in [9.17, 15) is 19.5 Å². The molecule has 1 rings (SSSR count). The molecule has 8 nitrogen and oxygen atoms in total. The molecular weight excluding hydrogens is 470 g/mol. The van der Waals surface area contributed by atoms with Crippen LogP contribution in [-0.2, 0) is 14.3 Å². The van der Waals surface area contributed by atoms with Gasteiger partial charge in [0.05, 0.1) is 6.61 Å². The number of amides is 3. The van der Waals surface area contributed by atoms with E-state index < -0.39 is 41.8 Å². The minimum atomic E-state index is -1.27. The number of nitrogens with zero attached hydrogens (tertiary/aromatic N) is 1. The lowest BCUT2D eigenvalue weighted by Gasteiger charge is -2.39. The van der Waals surface area contributed by atoms with Crippen molar-refractivity contribution in [1.29, 1.82) is 0 Å². The highest BCUT2D eigenvalue weighted by Gasteiger charge is 2.39. The van der Waals surface area contributed by atoms with Gasteiger partial charge in [-0.05, 0) is 97.8 Å². The van der Waals surface area contributed by atoms with E-state index in [0.29, 0.717) is 17.9 Å². The Kier molecular flexibility index (Phi) is 11.6. The van der Waals surface area contributed by atoms with Crippen molar-refractivity contribution in [2.45, 2.75) is 118 Å². The second kappa shape index (κ2) is 13.3. The summed E-state index contributed by atoms with van der Waals surface area (Å²) in [5.41, 5.74) is 1.44. The highest BCUT2D eigenvalue weighted by Crippen LogP contribution is 2.29. The Hall–Kier alpha value is -2.61. The summed E-state index contributed by atoms with van der Waals surface area (Å²) in [5, 5.41) is 15.7. The minimum absolute atomic E-state index is 0.325. The maximum atomic E-state index is 14.0. The minimum Gasteiger partial charge on any atom is -0.444 e. The van der Waals surface area contributed by atoms with E-state index in [-0.39, 0.29) is 11.9 Å². The lowest BCUT2D eigenvalue weighted by Crippen LogP contribution is -2.57. The quantitative estimate of drug-likeness (QED) is 0.412. The maximum Gasteiger partial charge on any atom is 0.408 e. The number of benzene rings is 1. The average Bonchev–Trinajstić information content (AvgIpc) is 2.73. The van der Waals surface area contributed by atoms with Gasteiger partial charge in [0.25, 0.3) is 0 Å². The molecule has 0 aliphatic heterocycles. The number of aliphatic hydroxyl groups is 1. The molecule has 3 amide bonds. The van der Waals surface area contributed by atoms with Crippen molar-refractivity contribution in [2.75, 3.05) is 6.61 Å². The molecule has 3 atom stereocenters. The van der Waals surface area contributed by atoms with Crippen LogP contribution < -0.4 is 10.6 Å². The summed E-state index contributed by atoms with van der Waals surface area (Å²) < 4.78 is 5.32. The fourth-order valence-corrected chi connectivity index (χ4v) is 3.94. The van der Waals surface area contributed by atoms with Crippen LogP contribution in [-0.4, -0.2) is 57.7 Å². The third-order valence-electron chi connectivity index (χ3n) is 5.93. The predicted molar refractivity (Wildman–Crippen MR) is 147 cm³/mol. The highest BCUT2D eigenvalue weighted by atomic mass is 16.6. The van der Waals surface area contributed by atoms with Gasteiger partial charge in [0.2, 0.25) is 11.8 Å². The van der Waals surface area contributed by atoms with Crippen LogP contribution in [0.4, 0.5) is 4.79 Å². The van der Waals surface area contributed by atoms with Gasteiger partial charge in [-0.2, -0.15) is 0 Å². The summed E-state index contributed by atoms with van der Waals surface area (Å²) in [6.07, 6.45) is 0.684. The molecule has 0 spiro atoms. The number of nitrogens with one attached hydrogen (secondary N) is 2. The van der Waals surface area contributed by atoms with E-state index in [1.807, 2.05) is 59.7 Å². The van der Waals surface area contributed by atoms with Gasteiger partial charge < -0.3 is 25.4 Å². The summed E-state index contributed by atoms with van der Waals surface area (Å²) in [7, 11) is 0. The van der Waals surface area contributed by atoms with Crippen molar-refractivity contribution in [2.24, 2.45) is 5.92 Å². The average molecular weight is 520 g/mol. The molecule has 0 heterocycles. The van der Waals surface area contributed by atoms with Gasteiger partial charge >= 0.3 is 6.09 Å². The zero-order valence-electron chi connectivity index (χ0n) is 24.7. The third kappa shape index (κ3) is 10.7. The van der Waals surface area contributed by atoms with E-state index in [2.05, 4.69) is 24.5 Å². The van der Waals surface area contributed by atoms with Crippen LogP contribution in [0.25, 0.3) is 0 Å².